The molecule has 0 spiro atoms. The molecule has 0 saturated carbocycles. The van der Waals surface area contributed by atoms with Crippen molar-refractivity contribution in [1.82, 2.24) is 4.90 Å². The number of halogens is 1. The third-order valence-electron chi connectivity index (χ3n) is 2.86. The van der Waals surface area contributed by atoms with Crippen molar-refractivity contribution in [1.29, 1.82) is 0 Å². The number of hydrogen-bond donors (Lipinski definition) is 0. The molecule has 0 bridgehead atoms. The van der Waals surface area contributed by atoms with Crippen LogP contribution in [0.5, 0.6) is 0 Å². The second-order valence-corrected chi connectivity index (χ2v) is 4.63. The third kappa shape index (κ3) is 2.28. The van der Waals surface area contributed by atoms with E-state index in [2.05, 4.69) is 24.0 Å². The average Bonchev–Trinajstić information content (AvgIpc) is 2.56. The van der Waals surface area contributed by atoms with Gasteiger partial charge in [0.25, 0.3) is 0 Å². The number of rotatable bonds is 2. The SMILES string of the molecule is C[C@@H]1CCN(Cc2ccccc2Cl)C1. The van der Waals surface area contributed by atoms with Gasteiger partial charge in [-0.25, -0.2) is 0 Å². The predicted molar refractivity (Wildman–Crippen MR) is 60.5 cm³/mol. The van der Waals surface area contributed by atoms with Crippen LogP contribution in [0.4, 0.5) is 0 Å². The van der Waals surface area contributed by atoms with E-state index in [9.17, 15) is 0 Å². The van der Waals surface area contributed by atoms with E-state index in [-0.39, 0.29) is 0 Å². The molecule has 0 unspecified atom stereocenters. The molecule has 1 fully saturated rings. The summed E-state index contributed by atoms with van der Waals surface area (Å²) < 4.78 is 0. The summed E-state index contributed by atoms with van der Waals surface area (Å²) in [7, 11) is 0. The van der Waals surface area contributed by atoms with Crippen molar-refractivity contribution in [3.05, 3.63) is 34.9 Å². The first-order valence-electron chi connectivity index (χ1n) is 5.21. The van der Waals surface area contributed by atoms with Gasteiger partial charge in [-0.05, 0) is 30.5 Å². The molecule has 2 heteroatoms. The summed E-state index contributed by atoms with van der Waals surface area (Å²) in [4.78, 5) is 2.48. The van der Waals surface area contributed by atoms with E-state index in [0.29, 0.717) is 0 Å². The molecule has 1 nitrogen and oxygen atoms in total. The molecule has 1 aliphatic rings. The molecule has 0 amide bonds. The van der Waals surface area contributed by atoms with Crippen LogP contribution in [0, 0.1) is 5.92 Å². The standard InChI is InChI=1S/C12H16ClN/c1-10-6-7-14(8-10)9-11-4-2-3-5-12(11)13/h2-5,10H,6-9H2,1H3/t10-/m1/s1. The van der Waals surface area contributed by atoms with Crippen molar-refractivity contribution in [3.63, 3.8) is 0 Å². The molecule has 1 aromatic carbocycles. The molecule has 0 aromatic heterocycles. The van der Waals surface area contributed by atoms with E-state index in [4.69, 9.17) is 11.6 Å². The second-order valence-electron chi connectivity index (χ2n) is 4.22. The Morgan fingerprint density at radius 3 is 2.86 bits per heavy atom. The van der Waals surface area contributed by atoms with Crippen molar-refractivity contribution < 1.29 is 0 Å². The van der Waals surface area contributed by atoms with Crippen LogP contribution in [0.1, 0.15) is 18.9 Å². The molecule has 0 aliphatic carbocycles. The van der Waals surface area contributed by atoms with Gasteiger partial charge in [-0.1, -0.05) is 36.7 Å². The minimum absolute atomic E-state index is 0.845. The molecule has 14 heavy (non-hydrogen) atoms. The number of benzene rings is 1. The summed E-state index contributed by atoms with van der Waals surface area (Å²) in [6.07, 6.45) is 1.32. The molecular weight excluding hydrogens is 194 g/mol. The number of hydrogen-bond acceptors (Lipinski definition) is 1. The molecule has 1 saturated heterocycles. The Morgan fingerprint density at radius 2 is 2.21 bits per heavy atom. The highest BCUT2D eigenvalue weighted by Crippen LogP contribution is 2.21. The molecule has 1 atom stereocenters. The zero-order valence-corrected chi connectivity index (χ0v) is 9.30. The fraction of sp³-hybridized carbons (Fsp3) is 0.500. The number of likely N-dealkylation sites (tertiary alicyclic amines) is 1. The zero-order valence-electron chi connectivity index (χ0n) is 8.54. The van der Waals surface area contributed by atoms with E-state index < -0.39 is 0 Å². The summed E-state index contributed by atoms with van der Waals surface area (Å²) in [6, 6.07) is 8.13. The van der Waals surface area contributed by atoms with Gasteiger partial charge in [0, 0.05) is 18.1 Å². The first kappa shape index (κ1) is 10.0. The lowest BCUT2D eigenvalue weighted by Gasteiger charge is -2.15. The minimum atomic E-state index is 0.845. The maximum atomic E-state index is 6.11. The maximum absolute atomic E-state index is 6.11. The summed E-state index contributed by atoms with van der Waals surface area (Å²) in [6.45, 7) is 5.74. The van der Waals surface area contributed by atoms with Gasteiger partial charge < -0.3 is 0 Å². The normalized spacial score (nSPS) is 22.9. The monoisotopic (exact) mass is 209 g/mol. The molecule has 1 heterocycles. The fourth-order valence-electron chi connectivity index (χ4n) is 2.04. The van der Waals surface area contributed by atoms with E-state index in [0.717, 1.165) is 17.5 Å². The smallest absolute Gasteiger partial charge is 0.0451 e. The van der Waals surface area contributed by atoms with Gasteiger partial charge in [-0.15, -0.1) is 0 Å². The highest BCUT2D eigenvalue weighted by atomic mass is 35.5. The topological polar surface area (TPSA) is 3.24 Å². The molecule has 0 radical (unpaired) electrons. The zero-order chi connectivity index (χ0) is 9.97. The van der Waals surface area contributed by atoms with E-state index in [1.165, 1.54) is 25.1 Å². The molecule has 0 N–H and O–H groups in total. The summed E-state index contributed by atoms with van der Waals surface area (Å²) >= 11 is 6.11. The molecule has 1 aliphatic heterocycles. The van der Waals surface area contributed by atoms with Crippen LogP contribution < -0.4 is 0 Å². The van der Waals surface area contributed by atoms with Crippen LogP contribution in [0.2, 0.25) is 5.02 Å². The quantitative estimate of drug-likeness (QED) is 0.723. The van der Waals surface area contributed by atoms with Crippen LogP contribution in [0.15, 0.2) is 24.3 Å². The van der Waals surface area contributed by atoms with Crippen LogP contribution in [-0.2, 0) is 6.54 Å². The lowest BCUT2D eigenvalue weighted by Crippen LogP contribution is -2.19. The van der Waals surface area contributed by atoms with Gasteiger partial charge in [0.1, 0.15) is 0 Å². The lowest BCUT2D eigenvalue weighted by molar-refractivity contribution is 0.320. The Kier molecular flexibility index (Phi) is 3.09. The highest BCUT2D eigenvalue weighted by Gasteiger charge is 2.18. The van der Waals surface area contributed by atoms with Crippen molar-refractivity contribution in [3.8, 4) is 0 Å². The minimum Gasteiger partial charge on any atom is -0.299 e. The first-order valence-corrected chi connectivity index (χ1v) is 5.59. The van der Waals surface area contributed by atoms with Crippen molar-refractivity contribution in [2.45, 2.75) is 19.9 Å². The van der Waals surface area contributed by atoms with E-state index in [1.54, 1.807) is 0 Å². The third-order valence-corrected chi connectivity index (χ3v) is 3.23. The molecule has 2 rings (SSSR count). The Bertz CT molecular complexity index is 311. The Hall–Kier alpha value is -0.530. The van der Waals surface area contributed by atoms with Crippen LogP contribution in [0.3, 0.4) is 0 Å². The fourth-order valence-corrected chi connectivity index (χ4v) is 2.23. The Morgan fingerprint density at radius 1 is 1.43 bits per heavy atom. The summed E-state index contributed by atoms with van der Waals surface area (Å²) in [5.74, 6) is 0.845. The van der Waals surface area contributed by atoms with Crippen LogP contribution in [-0.4, -0.2) is 18.0 Å². The average molecular weight is 210 g/mol. The first-order chi connectivity index (χ1) is 6.75. The Labute approximate surface area is 90.7 Å². The van der Waals surface area contributed by atoms with Gasteiger partial charge in [-0.3, -0.25) is 4.90 Å². The molecule has 76 valence electrons. The van der Waals surface area contributed by atoms with Crippen LogP contribution in [0.25, 0.3) is 0 Å². The number of nitrogens with zero attached hydrogens (tertiary/aromatic N) is 1. The van der Waals surface area contributed by atoms with Crippen molar-refractivity contribution in [2.24, 2.45) is 5.92 Å². The predicted octanol–water partition coefficient (Wildman–Crippen LogP) is 3.18. The van der Waals surface area contributed by atoms with Crippen LogP contribution >= 0.6 is 11.6 Å². The summed E-state index contributed by atoms with van der Waals surface area (Å²) in [5, 5.41) is 0.895. The van der Waals surface area contributed by atoms with Crippen molar-refractivity contribution in [2.75, 3.05) is 13.1 Å². The second kappa shape index (κ2) is 4.33. The van der Waals surface area contributed by atoms with E-state index >= 15 is 0 Å². The summed E-state index contributed by atoms with van der Waals surface area (Å²) in [5.41, 5.74) is 1.25. The molecule has 1 aromatic rings. The van der Waals surface area contributed by atoms with Gasteiger partial charge in [0.15, 0.2) is 0 Å². The lowest BCUT2D eigenvalue weighted by atomic mass is 10.2. The van der Waals surface area contributed by atoms with E-state index in [1.807, 2.05) is 12.1 Å². The van der Waals surface area contributed by atoms with Gasteiger partial charge in [0.2, 0.25) is 0 Å². The van der Waals surface area contributed by atoms with Crippen molar-refractivity contribution >= 4 is 11.6 Å². The van der Waals surface area contributed by atoms with Gasteiger partial charge in [0.05, 0.1) is 0 Å². The highest BCUT2D eigenvalue weighted by molar-refractivity contribution is 6.31. The maximum Gasteiger partial charge on any atom is 0.0451 e. The van der Waals surface area contributed by atoms with Gasteiger partial charge >= 0.3 is 0 Å². The Balaban J connectivity index is 2.01. The largest absolute Gasteiger partial charge is 0.299 e. The molecular formula is C12H16ClN. The van der Waals surface area contributed by atoms with Gasteiger partial charge in [-0.2, -0.15) is 0 Å².